The molecule has 0 N–H and O–H groups in total. The number of benzene rings is 1. The molecule has 0 aliphatic heterocycles. The van der Waals surface area contributed by atoms with Crippen molar-refractivity contribution >= 4 is 25.8 Å². The summed E-state index contributed by atoms with van der Waals surface area (Å²) in [6, 6.07) is 5.34. The largest absolute Gasteiger partial charge is 0.224 e. The lowest BCUT2D eigenvalue weighted by atomic mass is 10.2. The summed E-state index contributed by atoms with van der Waals surface area (Å²) in [7, 11) is -3.10. The first kappa shape index (κ1) is 10.7. The lowest BCUT2D eigenvalue weighted by molar-refractivity contribution is 0.601. The summed E-state index contributed by atoms with van der Waals surface area (Å²) >= 11 is 3.25. The van der Waals surface area contributed by atoms with E-state index in [-0.39, 0.29) is 0 Å². The van der Waals surface area contributed by atoms with Crippen LogP contribution in [0.25, 0.3) is 0 Å². The molecular weight excluding hydrogens is 252 g/mol. The van der Waals surface area contributed by atoms with Gasteiger partial charge >= 0.3 is 0 Å². The van der Waals surface area contributed by atoms with Gasteiger partial charge in [0.1, 0.15) is 0 Å². The van der Waals surface area contributed by atoms with Gasteiger partial charge in [-0.15, -0.1) is 0 Å². The summed E-state index contributed by atoms with van der Waals surface area (Å²) in [5.41, 5.74) is 0.866. The molecule has 72 valence electrons. The molecule has 4 heteroatoms. The Bertz CT molecular complexity index is 410. The van der Waals surface area contributed by atoms with E-state index in [4.69, 9.17) is 0 Å². The number of rotatable bonds is 2. The van der Waals surface area contributed by atoms with Gasteiger partial charge in [-0.1, -0.05) is 28.9 Å². The SMILES string of the molecule is CCc1ccc(Br)cc1S(C)(=O)=O. The average molecular weight is 263 g/mol. The summed E-state index contributed by atoms with van der Waals surface area (Å²) in [5, 5.41) is 0. The molecule has 0 atom stereocenters. The van der Waals surface area contributed by atoms with E-state index in [1.165, 1.54) is 6.26 Å². The zero-order valence-corrected chi connectivity index (χ0v) is 9.94. The monoisotopic (exact) mass is 262 g/mol. The molecular formula is C9H11BrO2S. The van der Waals surface area contributed by atoms with Gasteiger partial charge < -0.3 is 0 Å². The van der Waals surface area contributed by atoms with Gasteiger partial charge in [0, 0.05) is 10.7 Å². The zero-order chi connectivity index (χ0) is 10.1. The molecule has 13 heavy (non-hydrogen) atoms. The minimum absolute atomic E-state index is 0.421. The molecule has 1 rings (SSSR count). The first-order chi connectivity index (χ1) is 5.95. The van der Waals surface area contributed by atoms with Crippen LogP contribution in [0.2, 0.25) is 0 Å². The minimum atomic E-state index is -3.10. The van der Waals surface area contributed by atoms with Gasteiger partial charge in [0.2, 0.25) is 0 Å². The van der Waals surface area contributed by atoms with Crippen LogP contribution in [0.4, 0.5) is 0 Å². The third-order valence-electron chi connectivity index (χ3n) is 1.81. The summed E-state index contributed by atoms with van der Waals surface area (Å²) in [5.74, 6) is 0. The van der Waals surface area contributed by atoms with E-state index in [1.54, 1.807) is 6.07 Å². The van der Waals surface area contributed by atoms with Crippen LogP contribution in [-0.2, 0) is 16.3 Å². The molecule has 0 aliphatic carbocycles. The molecule has 0 fully saturated rings. The molecule has 2 nitrogen and oxygen atoms in total. The van der Waals surface area contributed by atoms with E-state index in [0.717, 1.165) is 16.5 Å². The maximum Gasteiger partial charge on any atom is 0.175 e. The normalized spacial score (nSPS) is 11.6. The van der Waals surface area contributed by atoms with E-state index >= 15 is 0 Å². The van der Waals surface area contributed by atoms with Crippen molar-refractivity contribution in [3.63, 3.8) is 0 Å². The fourth-order valence-corrected chi connectivity index (χ4v) is 2.71. The molecule has 1 aromatic carbocycles. The number of hydrogen-bond acceptors (Lipinski definition) is 2. The third-order valence-corrected chi connectivity index (χ3v) is 3.48. The predicted octanol–water partition coefficient (Wildman–Crippen LogP) is 2.42. The van der Waals surface area contributed by atoms with Gasteiger partial charge in [-0.3, -0.25) is 0 Å². The number of sulfone groups is 1. The van der Waals surface area contributed by atoms with Crippen molar-refractivity contribution in [3.8, 4) is 0 Å². The van der Waals surface area contributed by atoms with Crippen LogP contribution in [-0.4, -0.2) is 14.7 Å². The first-order valence-electron chi connectivity index (χ1n) is 3.93. The van der Waals surface area contributed by atoms with Crippen LogP contribution in [0.15, 0.2) is 27.6 Å². The fraction of sp³-hybridized carbons (Fsp3) is 0.333. The summed E-state index contributed by atoms with van der Waals surface area (Å²) in [6.45, 7) is 1.94. The van der Waals surface area contributed by atoms with E-state index < -0.39 is 9.84 Å². The Labute approximate surface area is 87.0 Å². The third kappa shape index (κ3) is 2.54. The second-order valence-corrected chi connectivity index (χ2v) is 5.78. The van der Waals surface area contributed by atoms with E-state index in [2.05, 4.69) is 15.9 Å². The van der Waals surface area contributed by atoms with E-state index in [1.807, 2.05) is 19.1 Å². The van der Waals surface area contributed by atoms with Gasteiger partial charge in [-0.05, 0) is 24.1 Å². The standard InChI is InChI=1S/C9H11BrO2S/c1-3-7-4-5-8(10)6-9(7)13(2,11)12/h4-6H,3H2,1-2H3. The molecule has 0 amide bonds. The van der Waals surface area contributed by atoms with Crippen LogP contribution >= 0.6 is 15.9 Å². The Morgan fingerprint density at radius 1 is 1.38 bits per heavy atom. The number of aryl methyl sites for hydroxylation is 1. The molecule has 0 unspecified atom stereocenters. The topological polar surface area (TPSA) is 34.1 Å². The summed E-state index contributed by atoms with van der Waals surface area (Å²) in [6.07, 6.45) is 1.96. The molecule has 0 aliphatic rings. The van der Waals surface area contributed by atoms with Crippen molar-refractivity contribution in [3.05, 3.63) is 28.2 Å². The second-order valence-electron chi connectivity index (χ2n) is 2.88. The van der Waals surface area contributed by atoms with Gasteiger partial charge in [0.15, 0.2) is 9.84 Å². The minimum Gasteiger partial charge on any atom is -0.224 e. The molecule has 0 bridgehead atoms. The molecule has 0 heterocycles. The predicted molar refractivity (Wildman–Crippen MR) is 56.6 cm³/mol. The highest BCUT2D eigenvalue weighted by Crippen LogP contribution is 2.21. The van der Waals surface area contributed by atoms with E-state index in [0.29, 0.717) is 4.90 Å². The van der Waals surface area contributed by atoms with Crippen LogP contribution < -0.4 is 0 Å². The molecule has 0 spiro atoms. The number of hydrogen-bond donors (Lipinski definition) is 0. The molecule has 0 radical (unpaired) electrons. The summed E-state index contributed by atoms with van der Waals surface area (Å²) < 4.78 is 23.5. The van der Waals surface area contributed by atoms with Crippen molar-refractivity contribution in [2.24, 2.45) is 0 Å². The molecule has 1 aromatic rings. The Morgan fingerprint density at radius 2 is 2.00 bits per heavy atom. The van der Waals surface area contributed by atoms with Crippen LogP contribution in [0.1, 0.15) is 12.5 Å². The zero-order valence-electron chi connectivity index (χ0n) is 7.54. The smallest absolute Gasteiger partial charge is 0.175 e. The lowest BCUT2D eigenvalue weighted by Crippen LogP contribution is -2.01. The molecule has 0 aromatic heterocycles. The second kappa shape index (κ2) is 3.80. The van der Waals surface area contributed by atoms with Crippen molar-refractivity contribution in [1.82, 2.24) is 0 Å². The van der Waals surface area contributed by atoms with Gasteiger partial charge in [-0.2, -0.15) is 0 Å². The van der Waals surface area contributed by atoms with Gasteiger partial charge in [0.05, 0.1) is 4.90 Å². The van der Waals surface area contributed by atoms with Gasteiger partial charge in [-0.25, -0.2) is 8.42 Å². The number of halogens is 1. The quantitative estimate of drug-likeness (QED) is 0.821. The van der Waals surface area contributed by atoms with Crippen molar-refractivity contribution in [2.75, 3.05) is 6.26 Å². The van der Waals surface area contributed by atoms with Crippen LogP contribution in [0, 0.1) is 0 Å². The average Bonchev–Trinajstić information content (AvgIpc) is 2.03. The maximum atomic E-state index is 11.3. The van der Waals surface area contributed by atoms with Crippen molar-refractivity contribution in [1.29, 1.82) is 0 Å². The Balaban J connectivity index is 3.41. The lowest BCUT2D eigenvalue weighted by Gasteiger charge is -2.05. The first-order valence-corrected chi connectivity index (χ1v) is 6.62. The Kier molecular flexibility index (Phi) is 3.14. The summed E-state index contributed by atoms with van der Waals surface area (Å²) in [4.78, 5) is 0.421. The molecule has 0 saturated carbocycles. The fourth-order valence-electron chi connectivity index (χ4n) is 1.17. The Hall–Kier alpha value is -0.350. The highest BCUT2D eigenvalue weighted by Gasteiger charge is 2.11. The van der Waals surface area contributed by atoms with Crippen LogP contribution in [0.5, 0.6) is 0 Å². The molecule has 0 saturated heterocycles. The van der Waals surface area contributed by atoms with Crippen LogP contribution in [0.3, 0.4) is 0 Å². The van der Waals surface area contributed by atoms with Crippen molar-refractivity contribution < 1.29 is 8.42 Å². The van der Waals surface area contributed by atoms with Gasteiger partial charge in [0.25, 0.3) is 0 Å². The van der Waals surface area contributed by atoms with E-state index in [9.17, 15) is 8.42 Å². The maximum absolute atomic E-state index is 11.3. The highest BCUT2D eigenvalue weighted by molar-refractivity contribution is 9.10. The highest BCUT2D eigenvalue weighted by atomic mass is 79.9. The Morgan fingerprint density at radius 3 is 2.46 bits per heavy atom. The van der Waals surface area contributed by atoms with Crippen molar-refractivity contribution in [2.45, 2.75) is 18.2 Å².